The number of hydrogen-bond acceptors (Lipinski definition) is 3. The van der Waals surface area contributed by atoms with Gasteiger partial charge in [-0.1, -0.05) is 38.1 Å². The van der Waals surface area contributed by atoms with E-state index in [4.69, 9.17) is 0 Å². The van der Waals surface area contributed by atoms with Gasteiger partial charge in [0.15, 0.2) is 4.87 Å². The van der Waals surface area contributed by atoms with Crippen molar-refractivity contribution in [1.82, 2.24) is 4.90 Å². The summed E-state index contributed by atoms with van der Waals surface area (Å²) in [5.74, 6) is -1.28. The summed E-state index contributed by atoms with van der Waals surface area (Å²) in [5.41, 5.74) is 1.64. The van der Waals surface area contributed by atoms with Crippen molar-refractivity contribution in [2.24, 2.45) is 5.92 Å². The molecule has 2 aromatic carbocycles. The average molecular weight is 402 g/mol. The third kappa shape index (κ3) is 2.71. The number of anilines is 1. The molecule has 0 aromatic heterocycles. The van der Waals surface area contributed by atoms with Gasteiger partial charge in [0, 0.05) is 35.4 Å². The van der Waals surface area contributed by atoms with E-state index in [1.807, 2.05) is 32.0 Å². The molecule has 2 amide bonds. The van der Waals surface area contributed by atoms with Crippen LogP contribution in [0.25, 0.3) is 0 Å². The molecule has 0 saturated carbocycles. The van der Waals surface area contributed by atoms with Crippen molar-refractivity contribution < 1.29 is 18.4 Å². The van der Waals surface area contributed by atoms with E-state index in [0.29, 0.717) is 18.0 Å². The van der Waals surface area contributed by atoms with Crippen LogP contribution in [0.2, 0.25) is 0 Å². The number of carbonyl (C=O) groups excluding carboxylic acids is 2. The minimum Gasteiger partial charge on any atom is -0.315 e. The minimum atomic E-state index is -1.12. The Kier molecular flexibility index (Phi) is 4.65. The van der Waals surface area contributed by atoms with Crippen LogP contribution in [0, 0.1) is 17.6 Å². The van der Waals surface area contributed by atoms with Crippen LogP contribution in [-0.4, -0.2) is 29.0 Å². The van der Waals surface area contributed by atoms with E-state index in [9.17, 15) is 18.4 Å². The first-order valence-corrected chi connectivity index (χ1v) is 10.2. The zero-order valence-corrected chi connectivity index (χ0v) is 16.4. The van der Waals surface area contributed by atoms with Gasteiger partial charge in [-0.3, -0.25) is 9.59 Å². The van der Waals surface area contributed by atoms with Crippen LogP contribution < -0.4 is 4.90 Å². The number of amides is 2. The highest BCUT2D eigenvalue weighted by Crippen LogP contribution is 2.54. The monoisotopic (exact) mass is 402 g/mol. The number of halogens is 2. The number of carbonyl (C=O) groups is 2. The van der Waals surface area contributed by atoms with Gasteiger partial charge in [-0.2, -0.15) is 0 Å². The summed E-state index contributed by atoms with van der Waals surface area (Å²) in [6.07, 6.45) is 0. The van der Waals surface area contributed by atoms with Crippen LogP contribution >= 0.6 is 11.8 Å². The fourth-order valence-electron chi connectivity index (χ4n) is 3.88. The predicted molar refractivity (Wildman–Crippen MR) is 105 cm³/mol. The summed E-state index contributed by atoms with van der Waals surface area (Å²) in [6.45, 7) is 4.10. The molecule has 1 atom stereocenters. The highest BCUT2D eigenvalue weighted by molar-refractivity contribution is 8.01. The Morgan fingerprint density at radius 1 is 1.21 bits per heavy atom. The SMILES string of the molecule is CC(C)C(=O)N1CCSC12C(=O)N(Cc1ccc(F)cc1F)c1ccccc12. The third-order valence-electron chi connectivity index (χ3n) is 5.20. The molecule has 0 aliphatic carbocycles. The third-order valence-corrected chi connectivity index (χ3v) is 6.62. The van der Waals surface area contributed by atoms with Crippen molar-refractivity contribution in [2.45, 2.75) is 25.3 Å². The first-order chi connectivity index (χ1) is 13.4. The Hall–Kier alpha value is -2.41. The van der Waals surface area contributed by atoms with Gasteiger partial charge >= 0.3 is 0 Å². The van der Waals surface area contributed by atoms with Crippen LogP contribution in [0.1, 0.15) is 25.0 Å². The number of para-hydroxylation sites is 1. The highest BCUT2D eigenvalue weighted by atomic mass is 32.2. The Bertz CT molecular complexity index is 965. The second kappa shape index (κ2) is 6.88. The van der Waals surface area contributed by atoms with Gasteiger partial charge in [0.2, 0.25) is 5.91 Å². The lowest BCUT2D eigenvalue weighted by molar-refractivity contribution is -0.142. The molecule has 0 radical (unpaired) electrons. The number of nitrogens with zero attached hydrogens (tertiary/aromatic N) is 2. The van der Waals surface area contributed by atoms with Crippen molar-refractivity contribution in [3.8, 4) is 0 Å². The van der Waals surface area contributed by atoms with Gasteiger partial charge in [0.1, 0.15) is 11.6 Å². The van der Waals surface area contributed by atoms with Crippen molar-refractivity contribution in [3.63, 3.8) is 0 Å². The van der Waals surface area contributed by atoms with Crippen LogP contribution in [0.4, 0.5) is 14.5 Å². The van der Waals surface area contributed by atoms with Crippen molar-refractivity contribution in [3.05, 3.63) is 65.2 Å². The van der Waals surface area contributed by atoms with Gasteiger partial charge in [-0.05, 0) is 12.1 Å². The van der Waals surface area contributed by atoms with E-state index in [0.717, 1.165) is 11.6 Å². The maximum absolute atomic E-state index is 14.2. The molecule has 4 nitrogen and oxygen atoms in total. The first-order valence-electron chi connectivity index (χ1n) is 9.17. The standard InChI is InChI=1S/C21H20F2N2O2S/c1-13(2)19(26)25-9-10-28-21(25)16-5-3-4-6-18(16)24(20(21)27)12-14-7-8-15(22)11-17(14)23/h3-8,11,13H,9-10,12H2,1-2H3. The van der Waals surface area contributed by atoms with E-state index < -0.39 is 16.5 Å². The van der Waals surface area contributed by atoms with Gasteiger partial charge in [0.05, 0.1) is 12.2 Å². The molecular formula is C21H20F2N2O2S. The quantitative estimate of drug-likeness (QED) is 0.782. The average Bonchev–Trinajstić information content (AvgIpc) is 3.20. The molecule has 2 aromatic rings. The van der Waals surface area contributed by atoms with Crippen LogP contribution in [0.3, 0.4) is 0 Å². The smallest absolute Gasteiger partial charge is 0.268 e. The zero-order chi connectivity index (χ0) is 20.1. The second-order valence-corrected chi connectivity index (χ2v) is 8.57. The molecule has 1 saturated heterocycles. The summed E-state index contributed by atoms with van der Waals surface area (Å²) in [7, 11) is 0. The summed E-state index contributed by atoms with van der Waals surface area (Å²) in [4.78, 5) is 28.5. The van der Waals surface area contributed by atoms with E-state index in [1.54, 1.807) is 11.0 Å². The van der Waals surface area contributed by atoms with Crippen molar-refractivity contribution in [1.29, 1.82) is 0 Å². The van der Waals surface area contributed by atoms with Crippen LogP contribution in [0.15, 0.2) is 42.5 Å². The molecule has 1 unspecified atom stereocenters. The maximum Gasteiger partial charge on any atom is 0.268 e. The number of fused-ring (bicyclic) bond motifs is 2. The lowest BCUT2D eigenvalue weighted by atomic mass is 10.0. The normalized spacial score (nSPS) is 21.1. The molecule has 28 heavy (non-hydrogen) atoms. The molecule has 4 rings (SSSR count). The van der Waals surface area contributed by atoms with E-state index in [2.05, 4.69) is 0 Å². The van der Waals surface area contributed by atoms with E-state index >= 15 is 0 Å². The first kappa shape index (κ1) is 18.9. The summed E-state index contributed by atoms with van der Waals surface area (Å²) >= 11 is 1.44. The molecule has 0 N–H and O–H groups in total. The summed E-state index contributed by atoms with van der Waals surface area (Å²) in [5, 5.41) is 0. The molecule has 2 aliphatic rings. The number of rotatable bonds is 3. The Morgan fingerprint density at radius 2 is 1.96 bits per heavy atom. The van der Waals surface area contributed by atoms with Gasteiger partial charge in [0.25, 0.3) is 5.91 Å². The Morgan fingerprint density at radius 3 is 2.68 bits per heavy atom. The van der Waals surface area contributed by atoms with Crippen LogP contribution in [-0.2, 0) is 21.0 Å². The lowest BCUT2D eigenvalue weighted by Crippen LogP contribution is -2.51. The molecule has 0 bridgehead atoms. The number of thioether (sulfide) groups is 1. The predicted octanol–water partition coefficient (Wildman–Crippen LogP) is 3.90. The lowest BCUT2D eigenvalue weighted by Gasteiger charge is -2.34. The second-order valence-electron chi connectivity index (χ2n) is 7.28. The molecule has 146 valence electrons. The minimum absolute atomic E-state index is 0.0199. The molecular weight excluding hydrogens is 382 g/mol. The number of hydrogen-bond donors (Lipinski definition) is 0. The fourth-order valence-corrected chi connectivity index (χ4v) is 5.35. The van der Waals surface area contributed by atoms with Gasteiger partial charge in [-0.15, -0.1) is 11.8 Å². The van der Waals surface area contributed by atoms with Crippen molar-refractivity contribution >= 4 is 29.3 Å². The van der Waals surface area contributed by atoms with Gasteiger partial charge in [-0.25, -0.2) is 8.78 Å². The van der Waals surface area contributed by atoms with E-state index in [1.165, 1.54) is 28.8 Å². The summed E-state index contributed by atoms with van der Waals surface area (Å²) < 4.78 is 27.5. The fraction of sp³-hybridized carbons (Fsp3) is 0.333. The summed E-state index contributed by atoms with van der Waals surface area (Å²) in [6, 6.07) is 10.7. The van der Waals surface area contributed by atoms with Crippen molar-refractivity contribution in [2.75, 3.05) is 17.2 Å². The largest absolute Gasteiger partial charge is 0.315 e. The molecule has 7 heteroatoms. The highest BCUT2D eigenvalue weighted by Gasteiger charge is 2.59. The Balaban J connectivity index is 1.79. The van der Waals surface area contributed by atoms with Crippen LogP contribution in [0.5, 0.6) is 0 Å². The molecule has 2 aliphatic heterocycles. The molecule has 2 heterocycles. The van der Waals surface area contributed by atoms with Gasteiger partial charge < -0.3 is 9.80 Å². The molecule has 1 fully saturated rings. The topological polar surface area (TPSA) is 40.6 Å². The molecule has 1 spiro atoms. The number of benzene rings is 2. The van der Waals surface area contributed by atoms with E-state index in [-0.39, 0.29) is 29.8 Å². The maximum atomic E-state index is 14.2. The Labute approximate surface area is 166 Å². The zero-order valence-electron chi connectivity index (χ0n) is 15.6.